The van der Waals surface area contributed by atoms with Crippen LogP contribution in [-0.2, 0) is 13.1 Å². The van der Waals surface area contributed by atoms with Gasteiger partial charge in [-0.25, -0.2) is 4.39 Å². The van der Waals surface area contributed by atoms with Crippen LogP contribution in [0.5, 0.6) is 0 Å². The molecular formula is C23H24FN3O3. The Hall–Kier alpha value is -3.48. The summed E-state index contributed by atoms with van der Waals surface area (Å²) in [6.45, 7) is 5.37. The van der Waals surface area contributed by atoms with Crippen molar-refractivity contribution in [3.63, 3.8) is 0 Å². The second kappa shape index (κ2) is 9.35. The van der Waals surface area contributed by atoms with Gasteiger partial charge in [0.2, 0.25) is 0 Å². The Morgan fingerprint density at radius 2 is 1.90 bits per heavy atom. The fourth-order valence-electron chi connectivity index (χ4n) is 3.37. The lowest BCUT2D eigenvalue weighted by Crippen LogP contribution is -2.34. The molecule has 0 unspecified atom stereocenters. The molecule has 0 aliphatic heterocycles. The molecule has 1 aromatic heterocycles. The second-order valence-corrected chi connectivity index (χ2v) is 7.64. The van der Waals surface area contributed by atoms with E-state index in [1.807, 2.05) is 42.8 Å². The number of benzene rings is 2. The fraction of sp³-hybridized carbons (Fsp3) is 0.261. The van der Waals surface area contributed by atoms with Crippen LogP contribution < -0.4 is 0 Å². The summed E-state index contributed by atoms with van der Waals surface area (Å²) in [4.78, 5) is 25.4. The molecule has 0 aliphatic carbocycles. The minimum Gasteiger partial charge on any atom is -0.345 e. The van der Waals surface area contributed by atoms with Crippen molar-refractivity contribution in [1.82, 2.24) is 9.47 Å². The predicted molar refractivity (Wildman–Crippen MR) is 113 cm³/mol. The van der Waals surface area contributed by atoms with Gasteiger partial charge >= 0.3 is 0 Å². The average molecular weight is 409 g/mol. The molecule has 2 aromatic carbocycles. The highest BCUT2D eigenvalue weighted by Gasteiger charge is 2.20. The van der Waals surface area contributed by atoms with Crippen molar-refractivity contribution in [1.29, 1.82) is 0 Å². The summed E-state index contributed by atoms with van der Waals surface area (Å²) < 4.78 is 15.5. The standard InChI is InChI=1S/C23H24FN3O3/c1-17(2)14-26(23(28)19-7-4-9-21(13-19)27(29)30)16-22-10-5-11-25(22)15-18-6-3-8-20(24)12-18/h3-13,17H,14-16H2,1-2H3. The minimum absolute atomic E-state index is 0.111. The lowest BCUT2D eigenvalue weighted by atomic mass is 10.1. The lowest BCUT2D eigenvalue weighted by Gasteiger charge is -2.25. The van der Waals surface area contributed by atoms with Gasteiger partial charge in [0.25, 0.3) is 11.6 Å². The van der Waals surface area contributed by atoms with Crippen LogP contribution in [0.2, 0.25) is 0 Å². The first-order chi connectivity index (χ1) is 14.3. The van der Waals surface area contributed by atoms with Gasteiger partial charge in [-0.1, -0.05) is 32.0 Å². The zero-order valence-corrected chi connectivity index (χ0v) is 17.0. The molecule has 1 heterocycles. The molecule has 30 heavy (non-hydrogen) atoms. The molecular weight excluding hydrogens is 385 g/mol. The van der Waals surface area contributed by atoms with Crippen LogP contribution in [0.1, 0.15) is 35.5 Å². The van der Waals surface area contributed by atoms with Gasteiger partial charge in [0.05, 0.1) is 11.5 Å². The van der Waals surface area contributed by atoms with Crippen LogP contribution in [-0.4, -0.2) is 26.8 Å². The second-order valence-electron chi connectivity index (χ2n) is 7.64. The van der Waals surface area contributed by atoms with E-state index in [0.717, 1.165) is 11.3 Å². The molecule has 3 aromatic rings. The number of nitro benzene ring substituents is 1. The number of carbonyl (C=O) groups is 1. The first-order valence-corrected chi connectivity index (χ1v) is 9.75. The maximum absolute atomic E-state index is 13.5. The first-order valence-electron chi connectivity index (χ1n) is 9.75. The molecule has 0 saturated heterocycles. The topological polar surface area (TPSA) is 68.4 Å². The molecule has 1 amide bonds. The van der Waals surface area contributed by atoms with Gasteiger partial charge < -0.3 is 9.47 Å². The van der Waals surface area contributed by atoms with E-state index in [2.05, 4.69) is 0 Å². The van der Waals surface area contributed by atoms with Gasteiger partial charge in [0.1, 0.15) is 5.82 Å². The number of aromatic nitrogens is 1. The van der Waals surface area contributed by atoms with E-state index in [0.29, 0.717) is 19.6 Å². The predicted octanol–water partition coefficient (Wildman–Crippen LogP) is 4.88. The van der Waals surface area contributed by atoms with Crippen molar-refractivity contribution in [3.05, 3.63) is 99.6 Å². The molecule has 0 aliphatic rings. The summed E-state index contributed by atoms with van der Waals surface area (Å²) >= 11 is 0. The number of non-ortho nitro benzene ring substituents is 1. The Kier molecular flexibility index (Phi) is 6.61. The summed E-state index contributed by atoms with van der Waals surface area (Å²) in [5, 5.41) is 11.1. The Morgan fingerprint density at radius 3 is 2.60 bits per heavy atom. The Balaban J connectivity index is 1.84. The number of halogens is 1. The van der Waals surface area contributed by atoms with Gasteiger partial charge in [0.15, 0.2) is 0 Å². The molecule has 0 saturated carbocycles. The molecule has 0 fully saturated rings. The average Bonchev–Trinajstić information content (AvgIpc) is 3.13. The van der Waals surface area contributed by atoms with E-state index < -0.39 is 4.92 Å². The summed E-state index contributed by atoms with van der Waals surface area (Å²) in [5.41, 5.74) is 1.90. The summed E-state index contributed by atoms with van der Waals surface area (Å²) in [5.74, 6) is -0.325. The third-order valence-corrected chi connectivity index (χ3v) is 4.70. The van der Waals surface area contributed by atoms with Crippen LogP contribution in [0.3, 0.4) is 0 Å². The lowest BCUT2D eigenvalue weighted by molar-refractivity contribution is -0.384. The molecule has 156 valence electrons. The van der Waals surface area contributed by atoms with Crippen molar-refractivity contribution in [2.24, 2.45) is 5.92 Å². The molecule has 0 spiro atoms. The van der Waals surface area contributed by atoms with Gasteiger partial charge in [-0.05, 0) is 41.8 Å². The van der Waals surface area contributed by atoms with Gasteiger partial charge in [-0.2, -0.15) is 0 Å². The largest absolute Gasteiger partial charge is 0.345 e. The van der Waals surface area contributed by atoms with Crippen LogP contribution in [0.4, 0.5) is 10.1 Å². The molecule has 0 atom stereocenters. The normalized spacial score (nSPS) is 10.9. The van der Waals surface area contributed by atoms with Gasteiger partial charge in [0, 0.05) is 42.7 Å². The molecule has 0 bridgehead atoms. The highest BCUT2D eigenvalue weighted by atomic mass is 19.1. The third kappa shape index (κ3) is 5.31. The number of carbonyl (C=O) groups excluding carboxylic acids is 1. The van der Waals surface area contributed by atoms with E-state index in [-0.39, 0.29) is 28.9 Å². The maximum atomic E-state index is 13.5. The van der Waals surface area contributed by atoms with Gasteiger partial charge in [-0.15, -0.1) is 0 Å². The van der Waals surface area contributed by atoms with Crippen molar-refractivity contribution < 1.29 is 14.1 Å². The molecule has 7 heteroatoms. The van der Waals surface area contributed by atoms with Gasteiger partial charge in [-0.3, -0.25) is 14.9 Å². The fourth-order valence-corrected chi connectivity index (χ4v) is 3.37. The Bertz CT molecular complexity index is 1050. The smallest absolute Gasteiger partial charge is 0.270 e. The van der Waals surface area contributed by atoms with Crippen LogP contribution in [0, 0.1) is 21.8 Å². The first kappa shape index (κ1) is 21.2. The summed E-state index contributed by atoms with van der Waals surface area (Å²) in [6, 6.07) is 16.0. The van der Waals surface area contributed by atoms with Crippen molar-refractivity contribution in [2.45, 2.75) is 26.9 Å². The third-order valence-electron chi connectivity index (χ3n) is 4.70. The minimum atomic E-state index is -0.506. The van der Waals surface area contributed by atoms with Crippen LogP contribution in [0.15, 0.2) is 66.9 Å². The number of amides is 1. The molecule has 0 radical (unpaired) electrons. The van der Waals surface area contributed by atoms with E-state index in [9.17, 15) is 19.3 Å². The summed E-state index contributed by atoms with van der Waals surface area (Å²) in [7, 11) is 0. The van der Waals surface area contributed by atoms with E-state index in [4.69, 9.17) is 0 Å². The number of rotatable bonds is 8. The number of nitrogens with zero attached hydrogens (tertiary/aromatic N) is 3. The molecule has 3 rings (SSSR count). The van der Waals surface area contributed by atoms with Crippen molar-refractivity contribution in [3.8, 4) is 0 Å². The monoisotopic (exact) mass is 409 g/mol. The zero-order chi connectivity index (χ0) is 21.7. The highest BCUT2D eigenvalue weighted by molar-refractivity contribution is 5.94. The summed E-state index contributed by atoms with van der Waals surface area (Å²) in [6.07, 6.45) is 1.89. The van der Waals surface area contributed by atoms with E-state index in [1.54, 1.807) is 17.0 Å². The highest BCUT2D eigenvalue weighted by Crippen LogP contribution is 2.18. The van der Waals surface area contributed by atoms with Crippen molar-refractivity contribution in [2.75, 3.05) is 6.54 Å². The SMILES string of the molecule is CC(C)CN(Cc1cccn1Cc1cccc(F)c1)C(=O)c1cccc([N+](=O)[O-])c1. The zero-order valence-electron chi connectivity index (χ0n) is 17.0. The quantitative estimate of drug-likeness (QED) is 0.393. The van der Waals surface area contributed by atoms with Crippen LogP contribution >= 0.6 is 0 Å². The Morgan fingerprint density at radius 1 is 1.13 bits per heavy atom. The van der Waals surface area contributed by atoms with E-state index >= 15 is 0 Å². The van der Waals surface area contributed by atoms with Crippen molar-refractivity contribution >= 4 is 11.6 Å². The number of hydrogen-bond donors (Lipinski definition) is 0. The molecule has 0 N–H and O–H groups in total. The Labute approximate surface area is 174 Å². The number of hydrogen-bond acceptors (Lipinski definition) is 3. The molecule has 6 nitrogen and oxygen atoms in total. The number of nitro groups is 1. The van der Waals surface area contributed by atoms with E-state index in [1.165, 1.54) is 30.3 Å². The van der Waals surface area contributed by atoms with Crippen LogP contribution in [0.25, 0.3) is 0 Å². The maximum Gasteiger partial charge on any atom is 0.270 e.